The third-order valence-corrected chi connectivity index (χ3v) is 1.00. The zero-order valence-corrected chi connectivity index (χ0v) is 6.46. The predicted molar refractivity (Wildman–Crippen MR) is 50.7 cm³/mol. The maximum Gasteiger partial charge on any atom is -0.00316 e. The van der Waals surface area contributed by atoms with Gasteiger partial charge in [0.1, 0.15) is 0 Å². The highest BCUT2D eigenvalue weighted by Gasteiger charge is 1.62. The van der Waals surface area contributed by atoms with Gasteiger partial charge >= 0.3 is 0 Å². The second-order valence-corrected chi connectivity index (χ2v) is 1.87. The van der Waals surface area contributed by atoms with Gasteiger partial charge in [-0.3, -0.25) is 0 Å². The Morgan fingerprint density at radius 2 is 0.500 bits per heavy atom. The molecule has 12 heavy (non-hydrogen) atoms. The van der Waals surface area contributed by atoms with Gasteiger partial charge in [-0.25, -0.2) is 0 Å². The molecule has 0 aliphatic heterocycles. The summed E-state index contributed by atoms with van der Waals surface area (Å²) in [5, 5.41) is 0. The SMILES string of the molecule is C1#C/C=C\C#C/C=C\C#C/C=C\1. The summed E-state index contributed by atoms with van der Waals surface area (Å²) in [5.41, 5.74) is 0. The lowest BCUT2D eigenvalue weighted by atomic mass is 10.4. The molecule has 1 aliphatic rings. The first-order chi connectivity index (χ1) is 6.00. The third kappa shape index (κ3) is 3.84. The average Bonchev–Trinajstić information content (AvgIpc) is 2.05. The van der Waals surface area contributed by atoms with Gasteiger partial charge in [0.25, 0.3) is 0 Å². The molecule has 0 atom stereocenters. The molecule has 0 aromatic heterocycles. The van der Waals surface area contributed by atoms with Crippen LogP contribution in [0.25, 0.3) is 0 Å². The Balaban J connectivity index is 2.83. The molecule has 0 spiro atoms. The molecule has 0 aromatic carbocycles. The van der Waals surface area contributed by atoms with Gasteiger partial charge < -0.3 is 0 Å². The van der Waals surface area contributed by atoms with Gasteiger partial charge in [0.15, 0.2) is 0 Å². The smallest absolute Gasteiger partial charge is 0.00316 e. The van der Waals surface area contributed by atoms with Crippen molar-refractivity contribution in [3.63, 3.8) is 0 Å². The van der Waals surface area contributed by atoms with E-state index in [9.17, 15) is 0 Å². The van der Waals surface area contributed by atoms with Gasteiger partial charge in [-0.15, -0.1) is 0 Å². The first-order valence-corrected chi connectivity index (χ1v) is 3.48. The summed E-state index contributed by atoms with van der Waals surface area (Å²) in [7, 11) is 0. The van der Waals surface area contributed by atoms with Gasteiger partial charge in [0.2, 0.25) is 0 Å². The molecular formula is C12H6. The van der Waals surface area contributed by atoms with Crippen molar-refractivity contribution in [3.8, 4) is 35.5 Å². The van der Waals surface area contributed by atoms with Crippen LogP contribution in [-0.2, 0) is 0 Å². The fourth-order valence-electron chi connectivity index (χ4n) is 0.539. The summed E-state index contributed by atoms with van der Waals surface area (Å²) < 4.78 is 0. The Bertz CT molecular complexity index is 302. The molecule has 0 unspecified atom stereocenters. The van der Waals surface area contributed by atoms with Crippen LogP contribution in [0.3, 0.4) is 0 Å². The van der Waals surface area contributed by atoms with Gasteiger partial charge in [0, 0.05) is 0 Å². The summed E-state index contributed by atoms with van der Waals surface area (Å²) in [4.78, 5) is 0. The van der Waals surface area contributed by atoms with E-state index in [0.29, 0.717) is 0 Å². The number of allylic oxidation sites excluding steroid dienone is 6. The zero-order chi connectivity index (χ0) is 8.49. The summed E-state index contributed by atoms with van der Waals surface area (Å²) in [6.45, 7) is 0. The van der Waals surface area contributed by atoms with Crippen molar-refractivity contribution in [2.45, 2.75) is 0 Å². The molecule has 0 bridgehead atoms. The minimum Gasteiger partial charge on any atom is -0.0696 e. The molecule has 0 N–H and O–H groups in total. The molecule has 0 heterocycles. The Morgan fingerprint density at radius 1 is 0.333 bits per heavy atom. The van der Waals surface area contributed by atoms with Gasteiger partial charge in [-0.2, -0.15) is 0 Å². The largest absolute Gasteiger partial charge is 0.0696 e. The van der Waals surface area contributed by atoms with Crippen molar-refractivity contribution in [1.82, 2.24) is 0 Å². The van der Waals surface area contributed by atoms with Crippen molar-refractivity contribution in [3.05, 3.63) is 36.5 Å². The van der Waals surface area contributed by atoms with E-state index >= 15 is 0 Å². The number of hydrogen-bond acceptors (Lipinski definition) is 0. The normalized spacial score (nSPS) is 20.0. The molecular weight excluding hydrogens is 144 g/mol. The van der Waals surface area contributed by atoms with E-state index < -0.39 is 0 Å². The molecule has 1 aliphatic carbocycles. The quantitative estimate of drug-likeness (QED) is 0.461. The highest BCUT2D eigenvalue weighted by atomic mass is 13.7. The lowest BCUT2D eigenvalue weighted by molar-refractivity contribution is 2.03. The molecule has 0 nitrogen and oxygen atoms in total. The van der Waals surface area contributed by atoms with E-state index in [1.807, 2.05) is 0 Å². The zero-order valence-electron chi connectivity index (χ0n) is 6.46. The van der Waals surface area contributed by atoms with Crippen molar-refractivity contribution in [2.24, 2.45) is 0 Å². The Kier molecular flexibility index (Phi) is 3.78. The van der Waals surface area contributed by atoms with Crippen LogP contribution in [-0.4, -0.2) is 0 Å². The number of hydrogen-bond donors (Lipinski definition) is 0. The van der Waals surface area contributed by atoms with Crippen LogP contribution in [0.1, 0.15) is 0 Å². The summed E-state index contributed by atoms with van der Waals surface area (Å²) in [5.74, 6) is 16.7. The Hall–Kier alpha value is -2.10. The summed E-state index contributed by atoms with van der Waals surface area (Å²) in [6, 6.07) is 0. The van der Waals surface area contributed by atoms with Crippen LogP contribution in [0.4, 0.5) is 0 Å². The van der Waals surface area contributed by atoms with Crippen molar-refractivity contribution in [2.75, 3.05) is 0 Å². The van der Waals surface area contributed by atoms with Crippen LogP contribution < -0.4 is 0 Å². The molecule has 0 aromatic rings. The molecule has 0 saturated carbocycles. The molecule has 54 valence electrons. The molecule has 0 saturated heterocycles. The van der Waals surface area contributed by atoms with E-state index in [2.05, 4.69) is 35.5 Å². The van der Waals surface area contributed by atoms with Crippen molar-refractivity contribution >= 4 is 0 Å². The van der Waals surface area contributed by atoms with Crippen molar-refractivity contribution in [1.29, 1.82) is 0 Å². The lowest BCUT2D eigenvalue weighted by Gasteiger charge is -1.68. The Labute approximate surface area is 72.7 Å². The highest BCUT2D eigenvalue weighted by Crippen LogP contribution is 1.74. The fraction of sp³-hybridized carbons (Fsp3) is 0. The fourth-order valence-corrected chi connectivity index (χ4v) is 0.539. The van der Waals surface area contributed by atoms with Crippen molar-refractivity contribution < 1.29 is 0 Å². The minimum atomic E-state index is 1.71. The van der Waals surface area contributed by atoms with E-state index in [1.165, 1.54) is 0 Å². The second-order valence-electron chi connectivity index (χ2n) is 1.87. The first kappa shape index (κ1) is 8.00. The summed E-state index contributed by atoms with van der Waals surface area (Å²) in [6.07, 6.45) is 10.3. The van der Waals surface area contributed by atoms with Crippen LogP contribution in [0.2, 0.25) is 0 Å². The predicted octanol–water partition coefficient (Wildman–Crippen LogP) is 1.68. The first-order valence-electron chi connectivity index (χ1n) is 3.48. The minimum absolute atomic E-state index is 1.71. The van der Waals surface area contributed by atoms with Gasteiger partial charge in [0.05, 0.1) is 0 Å². The van der Waals surface area contributed by atoms with Crippen LogP contribution in [0.15, 0.2) is 36.5 Å². The molecule has 0 radical (unpaired) electrons. The van der Waals surface area contributed by atoms with E-state index in [1.54, 1.807) is 36.5 Å². The van der Waals surface area contributed by atoms with Gasteiger partial charge in [-0.05, 0) is 36.5 Å². The third-order valence-electron chi connectivity index (χ3n) is 1.00. The highest BCUT2D eigenvalue weighted by molar-refractivity contribution is 5.36. The van der Waals surface area contributed by atoms with Crippen LogP contribution >= 0.6 is 0 Å². The summed E-state index contributed by atoms with van der Waals surface area (Å²) >= 11 is 0. The molecule has 1 rings (SSSR count). The molecule has 0 heteroatoms. The maximum atomic E-state index is 2.79. The maximum absolute atomic E-state index is 2.79. The lowest BCUT2D eigenvalue weighted by Crippen LogP contribution is -1.56. The molecule has 0 fully saturated rings. The second kappa shape index (κ2) is 5.67. The van der Waals surface area contributed by atoms with Crippen LogP contribution in [0.5, 0.6) is 0 Å². The van der Waals surface area contributed by atoms with Crippen LogP contribution in [0, 0.1) is 35.5 Å². The van der Waals surface area contributed by atoms with E-state index in [0.717, 1.165) is 0 Å². The van der Waals surface area contributed by atoms with Gasteiger partial charge in [-0.1, -0.05) is 35.5 Å². The topological polar surface area (TPSA) is 0 Å². The molecule has 0 amide bonds. The van der Waals surface area contributed by atoms with E-state index in [4.69, 9.17) is 0 Å². The monoisotopic (exact) mass is 150 g/mol. The van der Waals surface area contributed by atoms with E-state index in [-0.39, 0.29) is 0 Å². The number of rotatable bonds is 0. The average molecular weight is 150 g/mol. The Morgan fingerprint density at radius 3 is 0.667 bits per heavy atom. The standard InChI is InChI=1S/C12H6/c1-2-4-6-8-10-12-11-9-7-5-3-1/h1-2,7-10H/b2-1-,9-7-,10-8-.